The van der Waals surface area contributed by atoms with E-state index < -0.39 is 0 Å². The van der Waals surface area contributed by atoms with Crippen LogP contribution in [-0.4, -0.2) is 36.6 Å². The average molecular weight is 326 g/mol. The number of benzene rings is 2. The summed E-state index contributed by atoms with van der Waals surface area (Å²) in [5.41, 5.74) is 8.00. The second-order valence-corrected chi connectivity index (χ2v) is 5.82. The van der Waals surface area contributed by atoms with Gasteiger partial charge in [0.1, 0.15) is 6.10 Å². The van der Waals surface area contributed by atoms with Crippen LogP contribution in [0.15, 0.2) is 54.6 Å². The van der Waals surface area contributed by atoms with Crippen molar-refractivity contribution in [2.24, 2.45) is 0 Å². The van der Waals surface area contributed by atoms with E-state index in [2.05, 4.69) is 30.9 Å². The summed E-state index contributed by atoms with van der Waals surface area (Å²) < 4.78 is 5.79. The van der Waals surface area contributed by atoms with E-state index in [0.717, 1.165) is 19.6 Å². The first-order valence-electron chi connectivity index (χ1n) is 8.45. The Labute approximate surface area is 144 Å². The first kappa shape index (κ1) is 18.0. The molecule has 1 atom stereocenters. The molecular formula is C20H26N2O2. The van der Waals surface area contributed by atoms with Crippen LogP contribution in [0.3, 0.4) is 0 Å². The van der Waals surface area contributed by atoms with Crippen molar-refractivity contribution in [2.75, 3.05) is 25.4 Å². The predicted molar refractivity (Wildman–Crippen MR) is 98.0 cm³/mol. The number of esters is 1. The zero-order chi connectivity index (χ0) is 17.4. The molecule has 0 aliphatic heterocycles. The second-order valence-electron chi connectivity index (χ2n) is 5.82. The van der Waals surface area contributed by atoms with Crippen molar-refractivity contribution < 1.29 is 9.53 Å². The normalized spacial score (nSPS) is 12.1. The summed E-state index contributed by atoms with van der Waals surface area (Å²) in [6.07, 6.45) is 0.523. The van der Waals surface area contributed by atoms with E-state index in [1.165, 1.54) is 5.56 Å². The van der Waals surface area contributed by atoms with E-state index in [1.54, 1.807) is 24.3 Å². The number of nitrogen functional groups attached to an aromatic ring is 1. The van der Waals surface area contributed by atoms with Gasteiger partial charge in [0, 0.05) is 18.7 Å². The molecule has 0 aliphatic carbocycles. The largest absolute Gasteiger partial charge is 0.457 e. The molecule has 4 heteroatoms. The van der Waals surface area contributed by atoms with Crippen LogP contribution in [0.25, 0.3) is 0 Å². The zero-order valence-corrected chi connectivity index (χ0v) is 14.4. The van der Waals surface area contributed by atoms with Crippen LogP contribution in [0.5, 0.6) is 0 Å². The third-order valence-electron chi connectivity index (χ3n) is 4.08. The Morgan fingerprint density at radius 3 is 2.25 bits per heavy atom. The van der Waals surface area contributed by atoms with Gasteiger partial charge in [0.25, 0.3) is 0 Å². The van der Waals surface area contributed by atoms with Gasteiger partial charge >= 0.3 is 5.97 Å². The van der Waals surface area contributed by atoms with Gasteiger partial charge in [-0.25, -0.2) is 4.79 Å². The molecule has 0 radical (unpaired) electrons. The summed E-state index contributed by atoms with van der Waals surface area (Å²) in [7, 11) is 0. The summed E-state index contributed by atoms with van der Waals surface area (Å²) in [4.78, 5) is 14.7. The minimum absolute atomic E-state index is 0.183. The van der Waals surface area contributed by atoms with E-state index in [1.807, 2.05) is 18.2 Å². The van der Waals surface area contributed by atoms with Crippen molar-refractivity contribution in [3.63, 3.8) is 0 Å². The van der Waals surface area contributed by atoms with Crippen molar-refractivity contribution in [3.8, 4) is 0 Å². The lowest BCUT2D eigenvalue weighted by atomic mass is 10.1. The maximum atomic E-state index is 12.4. The number of anilines is 1. The number of carbonyl (C=O) groups excluding carboxylic acids is 1. The van der Waals surface area contributed by atoms with Crippen molar-refractivity contribution in [1.82, 2.24) is 4.90 Å². The quantitative estimate of drug-likeness (QED) is 0.597. The number of carbonyl (C=O) groups is 1. The van der Waals surface area contributed by atoms with Crippen LogP contribution >= 0.6 is 0 Å². The van der Waals surface area contributed by atoms with Gasteiger partial charge in [-0.05, 0) is 42.9 Å². The van der Waals surface area contributed by atoms with Gasteiger partial charge in [0.2, 0.25) is 0 Å². The fourth-order valence-electron chi connectivity index (χ4n) is 2.63. The minimum Gasteiger partial charge on any atom is -0.457 e. The first-order chi connectivity index (χ1) is 11.6. The van der Waals surface area contributed by atoms with Gasteiger partial charge in [-0.2, -0.15) is 0 Å². The third-order valence-corrected chi connectivity index (χ3v) is 4.08. The van der Waals surface area contributed by atoms with Crippen molar-refractivity contribution in [3.05, 3.63) is 65.7 Å². The molecule has 2 rings (SSSR count). The Kier molecular flexibility index (Phi) is 6.82. The maximum Gasteiger partial charge on any atom is 0.338 e. The highest BCUT2D eigenvalue weighted by atomic mass is 16.5. The van der Waals surface area contributed by atoms with Crippen LogP contribution in [0.4, 0.5) is 5.69 Å². The van der Waals surface area contributed by atoms with Crippen molar-refractivity contribution in [1.29, 1.82) is 0 Å². The molecule has 24 heavy (non-hydrogen) atoms. The predicted octanol–water partition coefficient (Wildman–Crippen LogP) is 3.38. The topological polar surface area (TPSA) is 55.6 Å². The molecule has 4 nitrogen and oxygen atoms in total. The summed E-state index contributed by atoms with van der Waals surface area (Å²) >= 11 is 0. The molecule has 2 aromatic rings. The Bertz CT molecular complexity index is 622. The Morgan fingerprint density at radius 1 is 1.04 bits per heavy atom. The van der Waals surface area contributed by atoms with Crippen molar-refractivity contribution in [2.45, 2.75) is 26.4 Å². The highest BCUT2D eigenvalue weighted by Gasteiger charge is 2.19. The van der Waals surface area contributed by atoms with E-state index >= 15 is 0 Å². The zero-order valence-electron chi connectivity index (χ0n) is 14.4. The lowest BCUT2D eigenvalue weighted by Gasteiger charge is -2.25. The molecule has 2 N–H and O–H groups in total. The van der Waals surface area contributed by atoms with Gasteiger partial charge in [-0.3, -0.25) is 0 Å². The SMILES string of the molecule is CCN(CC)C[C@H](Cc1ccccc1)OC(=O)c1ccc(N)cc1. The third kappa shape index (κ3) is 5.39. The monoisotopic (exact) mass is 326 g/mol. The van der Waals surface area contributed by atoms with Gasteiger partial charge in [0.15, 0.2) is 0 Å². The number of nitrogens with two attached hydrogens (primary N) is 1. The molecule has 0 saturated heterocycles. The Hall–Kier alpha value is -2.33. The second kappa shape index (κ2) is 9.08. The molecule has 0 aromatic heterocycles. The number of hydrogen-bond acceptors (Lipinski definition) is 4. The minimum atomic E-state index is -0.303. The van der Waals surface area contributed by atoms with Crippen molar-refractivity contribution >= 4 is 11.7 Å². The highest BCUT2D eigenvalue weighted by molar-refractivity contribution is 5.89. The Balaban J connectivity index is 2.09. The van der Waals surface area contributed by atoms with Gasteiger partial charge in [-0.15, -0.1) is 0 Å². The number of rotatable bonds is 8. The van der Waals surface area contributed by atoms with Gasteiger partial charge < -0.3 is 15.4 Å². The van der Waals surface area contributed by atoms with Crippen LogP contribution in [-0.2, 0) is 11.2 Å². The van der Waals surface area contributed by atoms with Crippen LogP contribution in [0.2, 0.25) is 0 Å². The Morgan fingerprint density at radius 2 is 1.67 bits per heavy atom. The fraction of sp³-hybridized carbons (Fsp3) is 0.350. The van der Waals surface area contributed by atoms with E-state index in [4.69, 9.17) is 10.5 Å². The summed E-state index contributed by atoms with van der Waals surface area (Å²) in [6.45, 7) is 6.82. The van der Waals surface area contributed by atoms with Crippen LogP contribution < -0.4 is 5.73 Å². The molecular weight excluding hydrogens is 300 g/mol. The molecule has 0 heterocycles. The average Bonchev–Trinajstić information content (AvgIpc) is 2.60. The van der Waals surface area contributed by atoms with E-state index in [9.17, 15) is 4.79 Å². The van der Waals surface area contributed by atoms with E-state index in [0.29, 0.717) is 17.7 Å². The van der Waals surface area contributed by atoms with Gasteiger partial charge in [-0.1, -0.05) is 44.2 Å². The summed E-state index contributed by atoms with van der Waals surface area (Å²) in [6, 6.07) is 17.0. The van der Waals surface area contributed by atoms with Gasteiger partial charge in [0.05, 0.1) is 5.56 Å². The lowest BCUT2D eigenvalue weighted by molar-refractivity contribution is 0.0212. The molecule has 0 fully saturated rings. The number of ether oxygens (including phenoxy) is 1. The fourth-order valence-corrected chi connectivity index (χ4v) is 2.63. The molecule has 2 aromatic carbocycles. The smallest absolute Gasteiger partial charge is 0.338 e. The van der Waals surface area contributed by atoms with Crippen LogP contribution in [0.1, 0.15) is 29.8 Å². The number of likely N-dealkylation sites (N-methyl/N-ethyl adjacent to an activating group) is 1. The lowest BCUT2D eigenvalue weighted by Crippen LogP contribution is -2.36. The molecule has 0 saturated carbocycles. The standard InChI is InChI=1S/C20H26N2O2/c1-3-22(4-2)15-19(14-16-8-6-5-7-9-16)24-20(23)17-10-12-18(21)13-11-17/h5-13,19H,3-4,14-15,21H2,1-2H3/t19-/m0/s1. The molecule has 0 bridgehead atoms. The molecule has 128 valence electrons. The summed E-state index contributed by atoms with van der Waals surface area (Å²) in [5.74, 6) is -0.303. The molecule has 0 aliphatic rings. The molecule has 0 spiro atoms. The molecule has 0 unspecified atom stereocenters. The number of nitrogens with zero attached hydrogens (tertiary/aromatic N) is 1. The van der Waals surface area contributed by atoms with E-state index in [-0.39, 0.29) is 12.1 Å². The first-order valence-corrected chi connectivity index (χ1v) is 8.45. The highest BCUT2D eigenvalue weighted by Crippen LogP contribution is 2.12. The maximum absolute atomic E-state index is 12.4. The molecule has 0 amide bonds. The summed E-state index contributed by atoms with van der Waals surface area (Å²) in [5, 5.41) is 0. The number of hydrogen-bond donors (Lipinski definition) is 1. The van der Waals surface area contributed by atoms with Crippen LogP contribution in [0, 0.1) is 0 Å².